The molecule has 3 nitrogen and oxygen atoms in total. The zero-order valence-corrected chi connectivity index (χ0v) is 6.10. The van der Waals surface area contributed by atoms with Gasteiger partial charge in [-0.15, -0.1) is 0 Å². The Morgan fingerprint density at radius 1 is 1.70 bits per heavy atom. The summed E-state index contributed by atoms with van der Waals surface area (Å²) in [5.41, 5.74) is 1.41. The maximum absolute atomic E-state index is 4.90. The van der Waals surface area contributed by atoms with Crippen LogP contribution >= 0.6 is 0 Å². The molecule has 0 aromatic rings. The Balaban J connectivity index is 2.18. The molecular formula is C7H14N2O. The van der Waals surface area contributed by atoms with E-state index in [1.807, 2.05) is 0 Å². The largest absolute Gasteiger partial charge is 0.313 e. The lowest BCUT2D eigenvalue weighted by atomic mass is 10.1. The van der Waals surface area contributed by atoms with Gasteiger partial charge in [-0.1, -0.05) is 11.6 Å². The van der Waals surface area contributed by atoms with Gasteiger partial charge >= 0.3 is 0 Å². The van der Waals surface area contributed by atoms with Gasteiger partial charge in [0.2, 0.25) is 0 Å². The summed E-state index contributed by atoms with van der Waals surface area (Å²) in [4.78, 5) is 4.48. The average molecular weight is 142 g/mol. The molecule has 0 atom stereocenters. The summed E-state index contributed by atoms with van der Waals surface area (Å²) in [6, 6.07) is 0. The fourth-order valence-corrected chi connectivity index (χ4v) is 1.08. The van der Waals surface area contributed by atoms with Crippen LogP contribution < -0.4 is 11.2 Å². The molecule has 58 valence electrons. The van der Waals surface area contributed by atoms with Crippen LogP contribution in [0.5, 0.6) is 0 Å². The van der Waals surface area contributed by atoms with Gasteiger partial charge in [-0.25, -0.2) is 5.90 Å². The van der Waals surface area contributed by atoms with Gasteiger partial charge in [0.15, 0.2) is 0 Å². The van der Waals surface area contributed by atoms with Crippen molar-refractivity contribution in [2.24, 2.45) is 5.90 Å². The topological polar surface area (TPSA) is 47.3 Å². The van der Waals surface area contributed by atoms with Crippen LogP contribution in [0.25, 0.3) is 0 Å². The normalized spacial score (nSPS) is 18.7. The molecular weight excluding hydrogens is 128 g/mol. The molecule has 0 aromatic heterocycles. The van der Waals surface area contributed by atoms with E-state index in [-0.39, 0.29) is 0 Å². The highest BCUT2D eigenvalue weighted by Gasteiger charge is 2.00. The Labute approximate surface area is 61.2 Å². The molecule has 0 radical (unpaired) electrons. The van der Waals surface area contributed by atoms with Gasteiger partial charge in [0, 0.05) is 6.54 Å². The number of nitrogens with two attached hydrogens (primary N) is 1. The molecule has 1 aliphatic heterocycles. The van der Waals surface area contributed by atoms with Crippen LogP contribution in [0.1, 0.15) is 12.8 Å². The SMILES string of the molecule is NOCCC1=CCCNC1. The molecule has 0 aromatic carbocycles. The standard InChI is InChI=1S/C7H14N2O/c8-10-5-3-7-2-1-4-9-6-7/h2,9H,1,3-6,8H2. The predicted octanol–water partition coefficient (Wildman–Crippen LogP) is 0.186. The molecule has 0 fully saturated rings. The Hall–Kier alpha value is -0.380. The molecule has 0 amide bonds. The van der Waals surface area contributed by atoms with Gasteiger partial charge in [-0.05, 0) is 19.4 Å². The van der Waals surface area contributed by atoms with Gasteiger partial charge in [-0.2, -0.15) is 0 Å². The maximum atomic E-state index is 4.90. The lowest BCUT2D eigenvalue weighted by molar-refractivity contribution is 0.140. The van der Waals surface area contributed by atoms with Crippen molar-refractivity contribution in [1.29, 1.82) is 0 Å². The van der Waals surface area contributed by atoms with E-state index >= 15 is 0 Å². The first-order valence-corrected chi connectivity index (χ1v) is 3.64. The van der Waals surface area contributed by atoms with Crippen molar-refractivity contribution in [3.05, 3.63) is 11.6 Å². The lowest BCUT2D eigenvalue weighted by Crippen LogP contribution is -2.23. The average Bonchev–Trinajstić information content (AvgIpc) is 2.03. The van der Waals surface area contributed by atoms with Crippen molar-refractivity contribution in [2.45, 2.75) is 12.8 Å². The van der Waals surface area contributed by atoms with Crippen molar-refractivity contribution in [2.75, 3.05) is 19.7 Å². The Morgan fingerprint density at radius 2 is 2.60 bits per heavy atom. The molecule has 10 heavy (non-hydrogen) atoms. The molecule has 3 heteroatoms. The summed E-state index contributed by atoms with van der Waals surface area (Å²) >= 11 is 0. The third-order valence-corrected chi connectivity index (χ3v) is 1.65. The van der Waals surface area contributed by atoms with Crippen molar-refractivity contribution in [1.82, 2.24) is 5.32 Å². The van der Waals surface area contributed by atoms with Crippen LogP contribution in [0, 0.1) is 0 Å². The molecule has 0 unspecified atom stereocenters. The summed E-state index contributed by atoms with van der Waals surface area (Å²) in [5.74, 6) is 4.90. The monoisotopic (exact) mass is 142 g/mol. The molecule has 1 aliphatic rings. The first-order valence-electron chi connectivity index (χ1n) is 3.64. The van der Waals surface area contributed by atoms with Crippen molar-refractivity contribution >= 4 is 0 Å². The highest BCUT2D eigenvalue weighted by atomic mass is 16.6. The number of hydrogen-bond donors (Lipinski definition) is 2. The second-order valence-electron chi connectivity index (χ2n) is 2.45. The first-order chi connectivity index (χ1) is 4.93. The van der Waals surface area contributed by atoms with E-state index in [1.165, 1.54) is 5.57 Å². The summed E-state index contributed by atoms with van der Waals surface area (Å²) in [6.45, 7) is 2.74. The van der Waals surface area contributed by atoms with Crippen molar-refractivity contribution < 1.29 is 4.84 Å². The molecule has 1 heterocycles. The van der Waals surface area contributed by atoms with Crippen LogP contribution in [0.3, 0.4) is 0 Å². The van der Waals surface area contributed by atoms with Gasteiger partial charge in [0.25, 0.3) is 0 Å². The van der Waals surface area contributed by atoms with Crippen LogP contribution in [0.4, 0.5) is 0 Å². The molecule has 1 rings (SSSR count). The molecule has 0 aliphatic carbocycles. The minimum absolute atomic E-state index is 0.632. The molecule has 0 bridgehead atoms. The smallest absolute Gasteiger partial charge is 0.0716 e. The first kappa shape index (κ1) is 7.72. The molecule has 0 saturated heterocycles. The number of hydrogen-bond acceptors (Lipinski definition) is 3. The predicted molar refractivity (Wildman–Crippen MR) is 40.3 cm³/mol. The minimum atomic E-state index is 0.632. The third-order valence-electron chi connectivity index (χ3n) is 1.65. The van der Waals surface area contributed by atoms with E-state index in [4.69, 9.17) is 5.90 Å². The van der Waals surface area contributed by atoms with Crippen LogP contribution in [-0.4, -0.2) is 19.7 Å². The van der Waals surface area contributed by atoms with E-state index < -0.39 is 0 Å². The third kappa shape index (κ3) is 2.47. The Kier molecular flexibility index (Phi) is 3.43. The summed E-state index contributed by atoms with van der Waals surface area (Å²) in [5, 5.41) is 3.28. The second-order valence-corrected chi connectivity index (χ2v) is 2.45. The van der Waals surface area contributed by atoms with Gasteiger partial charge < -0.3 is 10.2 Å². The van der Waals surface area contributed by atoms with E-state index in [2.05, 4.69) is 16.2 Å². The fourth-order valence-electron chi connectivity index (χ4n) is 1.08. The molecule has 0 saturated carbocycles. The van der Waals surface area contributed by atoms with Crippen molar-refractivity contribution in [3.63, 3.8) is 0 Å². The second kappa shape index (κ2) is 4.44. The van der Waals surface area contributed by atoms with Crippen LogP contribution in [0.15, 0.2) is 11.6 Å². The zero-order valence-electron chi connectivity index (χ0n) is 6.10. The van der Waals surface area contributed by atoms with E-state index in [1.54, 1.807) is 0 Å². The van der Waals surface area contributed by atoms with Gasteiger partial charge in [-0.3, -0.25) is 0 Å². The Bertz CT molecular complexity index is 123. The van der Waals surface area contributed by atoms with Gasteiger partial charge in [0.1, 0.15) is 0 Å². The molecule has 0 spiro atoms. The summed E-state index contributed by atoms with van der Waals surface area (Å²) in [6.07, 6.45) is 4.36. The van der Waals surface area contributed by atoms with E-state index in [0.717, 1.165) is 25.9 Å². The lowest BCUT2D eigenvalue weighted by Gasteiger charge is -2.12. The number of nitrogens with one attached hydrogen (secondary N) is 1. The molecule has 3 N–H and O–H groups in total. The summed E-state index contributed by atoms with van der Waals surface area (Å²) in [7, 11) is 0. The highest BCUT2D eigenvalue weighted by Crippen LogP contribution is 2.04. The highest BCUT2D eigenvalue weighted by molar-refractivity contribution is 5.07. The maximum Gasteiger partial charge on any atom is 0.0716 e. The van der Waals surface area contributed by atoms with Crippen molar-refractivity contribution in [3.8, 4) is 0 Å². The van der Waals surface area contributed by atoms with E-state index in [9.17, 15) is 0 Å². The quantitative estimate of drug-likeness (QED) is 0.436. The summed E-state index contributed by atoms with van der Waals surface area (Å²) < 4.78 is 0. The van der Waals surface area contributed by atoms with E-state index in [0.29, 0.717) is 6.61 Å². The van der Waals surface area contributed by atoms with Crippen LogP contribution in [0.2, 0.25) is 0 Å². The Morgan fingerprint density at radius 3 is 3.20 bits per heavy atom. The minimum Gasteiger partial charge on any atom is -0.313 e. The van der Waals surface area contributed by atoms with Crippen LogP contribution in [-0.2, 0) is 4.84 Å². The number of rotatable bonds is 3. The fraction of sp³-hybridized carbons (Fsp3) is 0.714. The zero-order chi connectivity index (χ0) is 7.23. The van der Waals surface area contributed by atoms with Gasteiger partial charge in [0.05, 0.1) is 6.61 Å².